The summed E-state index contributed by atoms with van der Waals surface area (Å²) >= 11 is 0. The summed E-state index contributed by atoms with van der Waals surface area (Å²) in [6, 6.07) is 3.93. The second kappa shape index (κ2) is 4.20. The average Bonchev–Trinajstić information content (AvgIpc) is 2.17. The van der Waals surface area contributed by atoms with E-state index in [9.17, 15) is 4.39 Å². The molecule has 0 aliphatic rings. The normalized spacial score (nSPS) is 12.6. The second-order valence-corrected chi connectivity index (χ2v) is 2.74. The van der Waals surface area contributed by atoms with E-state index in [4.69, 9.17) is 9.94 Å². The van der Waals surface area contributed by atoms with Crippen molar-refractivity contribution in [1.82, 2.24) is 5.48 Å². The minimum atomic E-state index is -0.449. The Kier molecular flexibility index (Phi) is 3.22. The molecule has 1 aromatic rings. The molecule has 0 saturated heterocycles. The van der Waals surface area contributed by atoms with Gasteiger partial charge < -0.3 is 9.94 Å². The van der Waals surface area contributed by atoms with E-state index in [1.165, 1.54) is 19.2 Å². The van der Waals surface area contributed by atoms with Crippen LogP contribution in [0.2, 0.25) is 0 Å². The summed E-state index contributed by atoms with van der Waals surface area (Å²) < 4.78 is 18.1. The topological polar surface area (TPSA) is 41.5 Å². The SMILES string of the molecule is COc1ccc(F)c([C@H](C)NO)c1. The van der Waals surface area contributed by atoms with E-state index in [2.05, 4.69) is 0 Å². The van der Waals surface area contributed by atoms with Gasteiger partial charge in [-0.25, -0.2) is 4.39 Å². The first-order chi connectivity index (χ1) is 6.19. The summed E-state index contributed by atoms with van der Waals surface area (Å²) in [7, 11) is 1.51. The molecule has 0 bridgehead atoms. The monoisotopic (exact) mass is 185 g/mol. The fourth-order valence-corrected chi connectivity index (χ4v) is 1.05. The molecule has 2 N–H and O–H groups in total. The van der Waals surface area contributed by atoms with E-state index in [1.54, 1.807) is 13.0 Å². The maximum Gasteiger partial charge on any atom is 0.128 e. The lowest BCUT2D eigenvalue weighted by Crippen LogP contribution is -2.14. The number of halogens is 1. The molecule has 0 unspecified atom stereocenters. The molecule has 0 amide bonds. The molecule has 1 aromatic carbocycles. The summed E-state index contributed by atoms with van der Waals surface area (Å²) in [6.07, 6.45) is 0. The third-order valence-corrected chi connectivity index (χ3v) is 1.86. The molecule has 0 aromatic heterocycles. The molecule has 4 heteroatoms. The Morgan fingerprint density at radius 3 is 2.77 bits per heavy atom. The van der Waals surface area contributed by atoms with E-state index in [1.807, 2.05) is 5.48 Å². The van der Waals surface area contributed by atoms with Gasteiger partial charge in [0.25, 0.3) is 0 Å². The first kappa shape index (κ1) is 9.95. The molecular weight excluding hydrogens is 173 g/mol. The van der Waals surface area contributed by atoms with Crippen molar-refractivity contribution in [2.45, 2.75) is 13.0 Å². The van der Waals surface area contributed by atoms with Crippen LogP contribution in [0.15, 0.2) is 18.2 Å². The Morgan fingerprint density at radius 2 is 2.23 bits per heavy atom. The summed E-state index contributed by atoms with van der Waals surface area (Å²) in [5, 5.41) is 8.62. The van der Waals surface area contributed by atoms with E-state index >= 15 is 0 Å². The van der Waals surface area contributed by atoms with Crippen molar-refractivity contribution in [3.63, 3.8) is 0 Å². The van der Waals surface area contributed by atoms with Crippen LogP contribution in [0, 0.1) is 5.82 Å². The van der Waals surface area contributed by atoms with Crippen molar-refractivity contribution < 1.29 is 14.3 Å². The number of hydroxylamine groups is 1. The lowest BCUT2D eigenvalue weighted by Gasteiger charge is -2.11. The zero-order valence-electron chi connectivity index (χ0n) is 7.54. The molecule has 0 aliphatic carbocycles. The highest BCUT2D eigenvalue weighted by atomic mass is 19.1. The average molecular weight is 185 g/mol. The Labute approximate surface area is 76.1 Å². The summed E-state index contributed by atoms with van der Waals surface area (Å²) in [5.41, 5.74) is 2.35. The minimum Gasteiger partial charge on any atom is -0.497 e. The van der Waals surface area contributed by atoms with Gasteiger partial charge in [0.1, 0.15) is 11.6 Å². The number of nitrogens with one attached hydrogen (secondary N) is 1. The Bertz CT molecular complexity index is 291. The van der Waals surface area contributed by atoms with E-state index in [0.29, 0.717) is 11.3 Å². The molecule has 0 heterocycles. The number of rotatable bonds is 3. The van der Waals surface area contributed by atoms with Gasteiger partial charge in [-0.1, -0.05) is 0 Å². The standard InChI is InChI=1S/C9H12FNO2/c1-6(11-12)8-5-7(13-2)3-4-9(8)10/h3-6,11-12H,1-2H3/t6-/m0/s1. The second-order valence-electron chi connectivity index (χ2n) is 2.74. The first-order valence-corrected chi connectivity index (χ1v) is 3.92. The van der Waals surface area contributed by atoms with Crippen LogP contribution in [0.5, 0.6) is 5.75 Å². The number of hydrogen-bond acceptors (Lipinski definition) is 3. The maximum absolute atomic E-state index is 13.1. The molecule has 72 valence electrons. The van der Waals surface area contributed by atoms with Crippen LogP contribution >= 0.6 is 0 Å². The lowest BCUT2D eigenvalue weighted by molar-refractivity contribution is 0.131. The molecule has 0 fully saturated rings. The third-order valence-electron chi connectivity index (χ3n) is 1.86. The van der Waals surface area contributed by atoms with E-state index in [0.717, 1.165) is 0 Å². The van der Waals surface area contributed by atoms with Crippen molar-refractivity contribution in [2.24, 2.45) is 0 Å². The highest BCUT2D eigenvalue weighted by molar-refractivity contribution is 5.31. The van der Waals surface area contributed by atoms with Crippen LogP contribution in [0.1, 0.15) is 18.5 Å². The van der Waals surface area contributed by atoms with Gasteiger partial charge in [0.05, 0.1) is 13.2 Å². The number of hydrogen-bond donors (Lipinski definition) is 2. The van der Waals surface area contributed by atoms with Gasteiger partial charge in [-0.15, -0.1) is 0 Å². The lowest BCUT2D eigenvalue weighted by atomic mass is 10.1. The zero-order chi connectivity index (χ0) is 9.84. The largest absolute Gasteiger partial charge is 0.497 e. The van der Waals surface area contributed by atoms with E-state index in [-0.39, 0.29) is 5.82 Å². The van der Waals surface area contributed by atoms with Gasteiger partial charge in [0.2, 0.25) is 0 Å². The fraction of sp³-hybridized carbons (Fsp3) is 0.333. The Morgan fingerprint density at radius 1 is 1.54 bits per heavy atom. The van der Waals surface area contributed by atoms with Crippen molar-refractivity contribution in [3.8, 4) is 5.75 Å². The number of benzene rings is 1. The summed E-state index contributed by atoms with van der Waals surface area (Å²) in [5.74, 6) is 0.202. The molecule has 0 spiro atoms. The highest BCUT2D eigenvalue weighted by Crippen LogP contribution is 2.21. The fourth-order valence-electron chi connectivity index (χ4n) is 1.05. The first-order valence-electron chi connectivity index (χ1n) is 3.92. The van der Waals surface area contributed by atoms with Crippen LogP contribution in [-0.4, -0.2) is 12.3 Å². The smallest absolute Gasteiger partial charge is 0.128 e. The number of ether oxygens (including phenoxy) is 1. The van der Waals surface area contributed by atoms with E-state index < -0.39 is 6.04 Å². The molecular formula is C9H12FNO2. The molecule has 13 heavy (non-hydrogen) atoms. The van der Waals surface area contributed by atoms with Gasteiger partial charge >= 0.3 is 0 Å². The predicted octanol–water partition coefficient (Wildman–Crippen LogP) is 1.87. The van der Waals surface area contributed by atoms with Gasteiger partial charge in [0, 0.05) is 5.56 Å². The van der Waals surface area contributed by atoms with Crippen LogP contribution in [-0.2, 0) is 0 Å². The minimum absolute atomic E-state index is 0.366. The third kappa shape index (κ3) is 2.17. The van der Waals surface area contributed by atoms with Gasteiger partial charge in [-0.05, 0) is 25.1 Å². The molecule has 1 rings (SSSR count). The molecule has 1 atom stereocenters. The molecule has 0 saturated carbocycles. The van der Waals surface area contributed by atoms with Crippen molar-refractivity contribution in [2.75, 3.05) is 7.11 Å². The highest BCUT2D eigenvalue weighted by Gasteiger charge is 2.10. The number of methoxy groups -OCH3 is 1. The van der Waals surface area contributed by atoms with Crippen molar-refractivity contribution in [3.05, 3.63) is 29.6 Å². The quantitative estimate of drug-likeness (QED) is 0.706. The van der Waals surface area contributed by atoms with Gasteiger partial charge in [-0.3, -0.25) is 0 Å². The van der Waals surface area contributed by atoms with Crippen molar-refractivity contribution in [1.29, 1.82) is 0 Å². The zero-order valence-corrected chi connectivity index (χ0v) is 7.54. The van der Waals surface area contributed by atoms with Crippen LogP contribution in [0.4, 0.5) is 4.39 Å². The van der Waals surface area contributed by atoms with Gasteiger partial charge in [-0.2, -0.15) is 5.48 Å². The van der Waals surface area contributed by atoms with Crippen LogP contribution < -0.4 is 10.2 Å². The van der Waals surface area contributed by atoms with Crippen LogP contribution in [0.3, 0.4) is 0 Å². The van der Waals surface area contributed by atoms with Crippen LogP contribution in [0.25, 0.3) is 0 Å². The Hall–Kier alpha value is -1.13. The van der Waals surface area contributed by atoms with Crippen molar-refractivity contribution >= 4 is 0 Å². The van der Waals surface area contributed by atoms with Gasteiger partial charge in [0.15, 0.2) is 0 Å². The molecule has 3 nitrogen and oxygen atoms in total. The molecule has 0 radical (unpaired) electrons. The molecule has 0 aliphatic heterocycles. The maximum atomic E-state index is 13.1. The summed E-state index contributed by atoms with van der Waals surface area (Å²) in [4.78, 5) is 0. The summed E-state index contributed by atoms with van der Waals surface area (Å²) in [6.45, 7) is 1.65. The predicted molar refractivity (Wildman–Crippen MR) is 46.3 cm³/mol. The Balaban J connectivity index is 3.03.